The Morgan fingerprint density at radius 3 is 2.53 bits per heavy atom. The van der Waals surface area contributed by atoms with Gasteiger partial charge in [0.1, 0.15) is 0 Å². The maximum atomic E-state index is 11.9. The minimum atomic E-state index is -0.563. The highest BCUT2D eigenvalue weighted by atomic mass is 35.5. The lowest BCUT2D eigenvalue weighted by Gasteiger charge is -2.21. The van der Waals surface area contributed by atoms with Crippen molar-refractivity contribution in [3.63, 3.8) is 0 Å². The Morgan fingerprint density at radius 1 is 1.47 bits per heavy atom. The molecule has 0 spiro atoms. The largest absolute Gasteiger partial charge is 0.329 e. The Kier molecular flexibility index (Phi) is 5.96. The van der Waals surface area contributed by atoms with Crippen molar-refractivity contribution in [2.75, 3.05) is 11.9 Å². The van der Waals surface area contributed by atoms with Crippen LogP contribution in [0, 0.1) is 12.3 Å². The van der Waals surface area contributed by atoms with Gasteiger partial charge in [-0.25, -0.2) is 0 Å². The first-order valence-corrected chi connectivity index (χ1v) is 5.52. The van der Waals surface area contributed by atoms with Crippen LogP contribution in [-0.2, 0) is 4.79 Å². The van der Waals surface area contributed by atoms with Gasteiger partial charge in [0.25, 0.3) is 0 Å². The quantitative estimate of drug-likeness (QED) is 0.892. The number of nitrogens with one attached hydrogen (secondary N) is 1. The summed E-state index contributed by atoms with van der Waals surface area (Å²) < 4.78 is 0. The summed E-state index contributed by atoms with van der Waals surface area (Å²) in [7, 11) is 0. The Labute approximate surface area is 113 Å². The van der Waals surface area contributed by atoms with Crippen molar-refractivity contribution in [1.82, 2.24) is 0 Å². The van der Waals surface area contributed by atoms with Gasteiger partial charge in [-0.15, -0.1) is 12.4 Å². The van der Waals surface area contributed by atoms with Gasteiger partial charge in [0.05, 0.1) is 5.41 Å². The standard InChI is InChI=1S/C12H17ClN2O.ClH/c1-8-6-9(13)4-5-10(8)15-11(16)12(2,3)7-14;/h4-6H,7,14H2,1-3H3,(H,15,16);1H. The average Bonchev–Trinajstić information content (AvgIpc) is 2.22. The average molecular weight is 277 g/mol. The van der Waals surface area contributed by atoms with Crippen molar-refractivity contribution >= 4 is 35.6 Å². The number of hydrogen-bond donors (Lipinski definition) is 2. The number of carbonyl (C=O) groups excluding carboxylic acids is 1. The molecule has 96 valence electrons. The summed E-state index contributed by atoms with van der Waals surface area (Å²) in [6.45, 7) is 5.84. The number of rotatable bonds is 3. The molecule has 3 nitrogen and oxygen atoms in total. The van der Waals surface area contributed by atoms with Crippen LogP contribution in [-0.4, -0.2) is 12.5 Å². The van der Waals surface area contributed by atoms with Crippen molar-refractivity contribution < 1.29 is 4.79 Å². The second-order valence-electron chi connectivity index (χ2n) is 4.50. The van der Waals surface area contributed by atoms with Crippen LogP contribution >= 0.6 is 24.0 Å². The molecule has 0 atom stereocenters. The highest BCUT2D eigenvalue weighted by molar-refractivity contribution is 6.30. The molecule has 0 aromatic heterocycles. The van der Waals surface area contributed by atoms with Crippen molar-refractivity contribution in [2.45, 2.75) is 20.8 Å². The minimum Gasteiger partial charge on any atom is -0.329 e. The van der Waals surface area contributed by atoms with Crippen molar-refractivity contribution in [1.29, 1.82) is 0 Å². The van der Waals surface area contributed by atoms with Crippen LogP contribution < -0.4 is 11.1 Å². The molecule has 1 aromatic carbocycles. The molecule has 1 rings (SSSR count). The van der Waals surface area contributed by atoms with Gasteiger partial charge in [-0.05, 0) is 44.5 Å². The first kappa shape index (κ1) is 16.2. The van der Waals surface area contributed by atoms with E-state index in [-0.39, 0.29) is 18.3 Å². The molecule has 0 aliphatic heterocycles. The SMILES string of the molecule is Cc1cc(Cl)ccc1NC(=O)C(C)(C)CN.Cl. The Hall–Kier alpha value is -0.770. The first-order chi connectivity index (χ1) is 7.36. The lowest BCUT2D eigenvalue weighted by molar-refractivity contribution is -0.123. The molecule has 0 radical (unpaired) electrons. The van der Waals surface area contributed by atoms with Gasteiger partial charge in [0.2, 0.25) is 5.91 Å². The Morgan fingerprint density at radius 2 is 2.06 bits per heavy atom. The third-order valence-electron chi connectivity index (χ3n) is 2.56. The van der Waals surface area contributed by atoms with Gasteiger partial charge in [0.15, 0.2) is 0 Å². The van der Waals surface area contributed by atoms with Gasteiger partial charge < -0.3 is 11.1 Å². The predicted molar refractivity (Wildman–Crippen MR) is 74.9 cm³/mol. The molecule has 0 saturated heterocycles. The van der Waals surface area contributed by atoms with Gasteiger partial charge in [-0.2, -0.15) is 0 Å². The third kappa shape index (κ3) is 4.19. The van der Waals surface area contributed by atoms with Gasteiger partial charge in [0, 0.05) is 17.3 Å². The van der Waals surface area contributed by atoms with Crippen molar-refractivity contribution in [2.24, 2.45) is 11.1 Å². The second-order valence-corrected chi connectivity index (χ2v) is 4.94. The van der Waals surface area contributed by atoms with E-state index in [1.807, 2.05) is 26.8 Å². The van der Waals surface area contributed by atoms with Crippen LogP contribution in [0.5, 0.6) is 0 Å². The van der Waals surface area contributed by atoms with Gasteiger partial charge in [-0.1, -0.05) is 11.6 Å². The molecule has 0 bridgehead atoms. The number of benzene rings is 1. The van der Waals surface area contributed by atoms with Crippen LogP contribution in [0.15, 0.2) is 18.2 Å². The zero-order valence-electron chi connectivity index (χ0n) is 10.2. The smallest absolute Gasteiger partial charge is 0.231 e. The molecular weight excluding hydrogens is 259 g/mol. The molecule has 0 unspecified atom stereocenters. The lowest BCUT2D eigenvalue weighted by atomic mass is 9.92. The summed E-state index contributed by atoms with van der Waals surface area (Å²) in [5.41, 5.74) is 6.69. The van der Waals surface area contributed by atoms with Crippen LogP contribution in [0.3, 0.4) is 0 Å². The molecular formula is C12H18Cl2N2O. The normalized spacial score (nSPS) is 10.6. The number of nitrogens with two attached hydrogens (primary N) is 1. The molecule has 0 aliphatic rings. The summed E-state index contributed by atoms with van der Waals surface area (Å²) in [6, 6.07) is 5.36. The molecule has 0 heterocycles. The van der Waals surface area contributed by atoms with E-state index >= 15 is 0 Å². The number of halogens is 2. The zero-order chi connectivity index (χ0) is 12.3. The number of anilines is 1. The maximum absolute atomic E-state index is 11.9. The van der Waals surface area contributed by atoms with Crippen LogP contribution in [0.4, 0.5) is 5.69 Å². The zero-order valence-corrected chi connectivity index (χ0v) is 11.8. The van der Waals surface area contributed by atoms with Crippen molar-refractivity contribution in [3.05, 3.63) is 28.8 Å². The molecule has 0 saturated carbocycles. The van der Waals surface area contributed by atoms with E-state index in [1.54, 1.807) is 12.1 Å². The number of aryl methyl sites for hydroxylation is 1. The van der Waals surface area contributed by atoms with Crippen molar-refractivity contribution in [3.8, 4) is 0 Å². The van der Waals surface area contributed by atoms with E-state index in [2.05, 4.69) is 5.32 Å². The molecule has 1 amide bonds. The van der Waals surface area contributed by atoms with E-state index in [1.165, 1.54) is 0 Å². The number of hydrogen-bond acceptors (Lipinski definition) is 2. The minimum absolute atomic E-state index is 0. The van der Waals surface area contributed by atoms with E-state index in [9.17, 15) is 4.79 Å². The van der Waals surface area contributed by atoms with E-state index in [0.29, 0.717) is 11.6 Å². The highest BCUT2D eigenvalue weighted by Crippen LogP contribution is 2.22. The third-order valence-corrected chi connectivity index (χ3v) is 2.80. The van der Waals surface area contributed by atoms with Crippen LogP contribution in [0.25, 0.3) is 0 Å². The monoisotopic (exact) mass is 276 g/mol. The second kappa shape index (κ2) is 6.24. The topological polar surface area (TPSA) is 55.1 Å². The first-order valence-electron chi connectivity index (χ1n) is 5.14. The molecule has 0 fully saturated rings. The summed E-state index contributed by atoms with van der Waals surface area (Å²) in [6.07, 6.45) is 0. The summed E-state index contributed by atoms with van der Waals surface area (Å²) in [5, 5.41) is 3.51. The highest BCUT2D eigenvalue weighted by Gasteiger charge is 2.25. The van der Waals surface area contributed by atoms with Crippen LogP contribution in [0.1, 0.15) is 19.4 Å². The molecule has 1 aromatic rings. The molecule has 17 heavy (non-hydrogen) atoms. The van der Waals surface area contributed by atoms with Gasteiger partial charge in [-0.3, -0.25) is 4.79 Å². The van der Waals surface area contributed by atoms with E-state index in [4.69, 9.17) is 17.3 Å². The molecule has 5 heteroatoms. The number of amides is 1. The fourth-order valence-corrected chi connectivity index (χ4v) is 1.38. The van der Waals surface area contributed by atoms with Gasteiger partial charge >= 0.3 is 0 Å². The summed E-state index contributed by atoms with van der Waals surface area (Å²) in [5.74, 6) is -0.0829. The molecule has 3 N–H and O–H groups in total. The molecule has 0 aliphatic carbocycles. The Bertz CT molecular complexity index is 405. The van der Waals surface area contributed by atoms with E-state index < -0.39 is 5.41 Å². The predicted octanol–water partition coefficient (Wildman–Crippen LogP) is 2.99. The number of carbonyl (C=O) groups is 1. The summed E-state index contributed by atoms with van der Waals surface area (Å²) in [4.78, 5) is 11.9. The van der Waals surface area contributed by atoms with E-state index in [0.717, 1.165) is 11.3 Å². The van der Waals surface area contributed by atoms with Crippen LogP contribution in [0.2, 0.25) is 5.02 Å². The Balaban J connectivity index is 0.00000256. The summed E-state index contributed by atoms with van der Waals surface area (Å²) >= 11 is 5.84. The maximum Gasteiger partial charge on any atom is 0.231 e. The fourth-order valence-electron chi connectivity index (χ4n) is 1.15. The lowest BCUT2D eigenvalue weighted by Crippen LogP contribution is -2.37. The fraction of sp³-hybridized carbons (Fsp3) is 0.417.